The molecule has 1 fully saturated rings. The van der Waals surface area contributed by atoms with E-state index in [1.165, 1.54) is 10.6 Å². The number of hydrogen-bond acceptors (Lipinski definition) is 4. The summed E-state index contributed by atoms with van der Waals surface area (Å²) < 4.78 is 0. The van der Waals surface area contributed by atoms with Crippen LogP contribution >= 0.6 is 11.8 Å². The highest BCUT2D eigenvalue weighted by molar-refractivity contribution is 8.18. The first-order valence-electron chi connectivity index (χ1n) is 7.21. The molecule has 0 aliphatic carbocycles. The van der Waals surface area contributed by atoms with Crippen LogP contribution in [0.1, 0.15) is 26.3 Å². The van der Waals surface area contributed by atoms with Crippen LogP contribution in [-0.4, -0.2) is 35.7 Å². The van der Waals surface area contributed by atoms with E-state index in [-0.39, 0.29) is 11.1 Å². The fourth-order valence-electron chi connectivity index (χ4n) is 2.29. The van der Waals surface area contributed by atoms with E-state index in [2.05, 4.69) is 18.7 Å². The Morgan fingerprint density at radius 3 is 2.19 bits per heavy atom. The van der Waals surface area contributed by atoms with Gasteiger partial charge in [-0.25, -0.2) is 0 Å². The third-order valence-electron chi connectivity index (χ3n) is 3.51. The molecule has 0 bridgehead atoms. The lowest BCUT2D eigenvalue weighted by Crippen LogP contribution is -2.27. The maximum atomic E-state index is 12.0. The van der Waals surface area contributed by atoms with Crippen molar-refractivity contribution in [2.45, 2.75) is 20.8 Å². The van der Waals surface area contributed by atoms with Gasteiger partial charge in [0, 0.05) is 25.3 Å². The zero-order valence-electron chi connectivity index (χ0n) is 12.6. The third-order valence-corrected chi connectivity index (χ3v) is 4.42. The molecule has 0 N–H and O–H groups in total. The van der Waals surface area contributed by atoms with Crippen LogP contribution in [0.15, 0.2) is 29.2 Å². The van der Waals surface area contributed by atoms with E-state index in [1.807, 2.05) is 24.3 Å². The van der Waals surface area contributed by atoms with Gasteiger partial charge in [0.2, 0.25) is 0 Å². The summed E-state index contributed by atoms with van der Waals surface area (Å²) in [4.78, 5) is 27.7. The third kappa shape index (κ3) is 3.29. The predicted molar refractivity (Wildman–Crippen MR) is 88.4 cm³/mol. The second-order valence-electron chi connectivity index (χ2n) is 4.69. The Morgan fingerprint density at radius 1 is 1.10 bits per heavy atom. The van der Waals surface area contributed by atoms with E-state index in [1.54, 1.807) is 13.0 Å². The minimum absolute atomic E-state index is 0.187. The van der Waals surface area contributed by atoms with Crippen LogP contribution in [0.25, 0.3) is 6.08 Å². The highest BCUT2D eigenvalue weighted by Crippen LogP contribution is 2.32. The molecular formula is C16H20N2O2S. The Labute approximate surface area is 129 Å². The Bertz CT molecular complexity index is 562. The van der Waals surface area contributed by atoms with Crippen molar-refractivity contribution in [2.75, 3.05) is 24.5 Å². The van der Waals surface area contributed by atoms with Crippen molar-refractivity contribution in [3.05, 3.63) is 34.7 Å². The zero-order valence-corrected chi connectivity index (χ0v) is 13.4. The van der Waals surface area contributed by atoms with Gasteiger partial charge in [0.15, 0.2) is 0 Å². The maximum Gasteiger partial charge on any atom is 0.293 e. The normalized spacial score (nSPS) is 16.9. The summed E-state index contributed by atoms with van der Waals surface area (Å²) in [5, 5.41) is -0.187. The molecule has 1 heterocycles. The molecule has 0 spiro atoms. The molecule has 21 heavy (non-hydrogen) atoms. The highest BCUT2D eigenvalue weighted by atomic mass is 32.2. The molecule has 0 unspecified atom stereocenters. The summed E-state index contributed by atoms with van der Waals surface area (Å²) in [6.07, 6.45) is 1.78. The van der Waals surface area contributed by atoms with Gasteiger partial charge in [-0.1, -0.05) is 12.1 Å². The van der Waals surface area contributed by atoms with Crippen LogP contribution in [0.2, 0.25) is 0 Å². The Balaban J connectivity index is 2.19. The van der Waals surface area contributed by atoms with E-state index >= 15 is 0 Å². The Hall–Kier alpha value is -1.75. The summed E-state index contributed by atoms with van der Waals surface area (Å²) in [5.41, 5.74) is 2.10. The van der Waals surface area contributed by atoms with Crippen LogP contribution in [0, 0.1) is 0 Å². The first kappa shape index (κ1) is 15.6. The second kappa shape index (κ2) is 6.80. The zero-order chi connectivity index (χ0) is 15.4. The van der Waals surface area contributed by atoms with Crippen molar-refractivity contribution in [1.82, 2.24) is 4.90 Å². The average molecular weight is 304 g/mol. The number of thioether (sulfide) groups is 1. The summed E-state index contributed by atoms with van der Waals surface area (Å²) in [6.45, 7) is 8.40. The molecule has 5 heteroatoms. The van der Waals surface area contributed by atoms with Crippen molar-refractivity contribution in [3.63, 3.8) is 0 Å². The molecule has 1 saturated heterocycles. The first-order chi connectivity index (χ1) is 10.1. The van der Waals surface area contributed by atoms with Gasteiger partial charge in [0.05, 0.1) is 4.91 Å². The molecule has 0 aromatic heterocycles. The fraction of sp³-hybridized carbons (Fsp3) is 0.375. The van der Waals surface area contributed by atoms with Crippen molar-refractivity contribution in [1.29, 1.82) is 0 Å². The minimum Gasteiger partial charge on any atom is -0.372 e. The second-order valence-corrected chi connectivity index (χ2v) is 5.68. The SMILES string of the molecule is CCN1C(=O)S/C(=C/c2ccc(N(CC)CC)cc2)C1=O. The van der Waals surface area contributed by atoms with Gasteiger partial charge in [-0.2, -0.15) is 0 Å². The molecular weight excluding hydrogens is 284 g/mol. The monoisotopic (exact) mass is 304 g/mol. The molecule has 0 atom stereocenters. The molecule has 0 radical (unpaired) electrons. The van der Waals surface area contributed by atoms with Crippen molar-refractivity contribution in [2.24, 2.45) is 0 Å². The summed E-state index contributed by atoms with van der Waals surface area (Å²) >= 11 is 1.01. The number of nitrogens with zero attached hydrogens (tertiary/aromatic N) is 2. The van der Waals surface area contributed by atoms with Crippen molar-refractivity contribution < 1.29 is 9.59 Å². The van der Waals surface area contributed by atoms with E-state index in [0.717, 1.165) is 30.4 Å². The van der Waals surface area contributed by atoms with Crippen LogP contribution in [0.5, 0.6) is 0 Å². The topological polar surface area (TPSA) is 40.6 Å². The molecule has 2 amide bonds. The van der Waals surface area contributed by atoms with E-state index in [4.69, 9.17) is 0 Å². The lowest BCUT2D eigenvalue weighted by molar-refractivity contribution is -0.122. The number of likely N-dealkylation sites (N-methyl/N-ethyl adjacent to an activating group) is 1. The van der Waals surface area contributed by atoms with E-state index in [9.17, 15) is 9.59 Å². The van der Waals surface area contributed by atoms with Gasteiger partial charge in [0.1, 0.15) is 0 Å². The van der Waals surface area contributed by atoms with Crippen LogP contribution in [-0.2, 0) is 4.79 Å². The number of amides is 2. The molecule has 1 aliphatic heterocycles. The Kier molecular flexibility index (Phi) is 5.07. The number of rotatable bonds is 5. The molecule has 0 saturated carbocycles. The number of carbonyl (C=O) groups is 2. The number of benzene rings is 1. The van der Waals surface area contributed by atoms with Crippen molar-refractivity contribution in [3.8, 4) is 0 Å². The molecule has 1 aromatic rings. The lowest BCUT2D eigenvalue weighted by Gasteiger charge is -2.20. The van der Waals surface area contributed by atoms with E-state index in [0.29, 0.717) is 11.4 Å². The fourth-order valence-corrected chi connectivity index (χ4v) is 3.20. The van der Waals surface area contributed by atoms with Gasteiger partial charge in [-0.05, 0) is 56.3 Å². The number of carbonyl (C=O) groups excluding carboxylic acids is 2. The molecule has 2 rings (SSSR count). The van der Waals surface area contributed by atoms with Gasteiger partial charge in [-0.3, -0.25) is 14.5 Å². The number of imide groups is 1. The molecule has 112 valence electrons. The van der Waals surface area contributed by atoms with Crippen LogP contribution in [0.4, 0.5) is 10.5 Å². The van der Waals surface area contributed by atoms with Crippen LogP contribution < -0.4 is 4.90 Å². The number of anilines is 1. The highest BCUT2D eigenvalue weighted by Gasteiger charge is 2.33. The predicted octanol–water partition coefficient (Wildman–Crippen LogP) is 3.59. The quantitative estimate of drug-likeness (QED) is 0.780. The van der Waals surface area contributed by atoms with Gasteiger partial charge in [0.25, 0.3) is 11.1 Å². The maximum absolute atomic E-state index is 12.0. The Morgan fingerprint density at radius 2 is 1.71 bits per heavy atom. The average Bonchev–Trinajstić information content (AvgIpc) is 2.76. The molecule has 4 nitrogen and oxygen atoms in total. The van der Waals surface area contributed by atoms with Gasteiger partial charge < -0.3 is 4.90 Å². The van der Waals surface area contributed by atoms with E-state index < -0.39 is 0 Å². The first-order valence-corrected chi connectivity index (χ1v) is 8.02. The summed E-state index contributed by atoms with van der Waals surface area (Å²) in [7, 11) is 0. The van der Waals surface area contributed by atoms with Gasteiger partial charge >= 0.3 is 0 Å². The summed E-state index contributed by atoms with van der Waals surface area (Å²) in [5.74, 6) is -0.194. The smallest absolute Gasteiger partial charge is 0.293 e. The standard InChI is InChI=1S/C16H20N2O2S/c1-4-17(5-2)13-9-7-12(8-10-13)11-14-15(19)18(6-3)16(20)21-14/h7-11H,4-6H2,1-3H3/b14-11+. The van der Waals surface area contributed by atoms with Crippen LogP contribution in [0.3, 0.4) is 0 Å². The largest absolute Gasteiger partial charge is 0.372 e. The number of hydrogen-bond donors (Lipinski definition) is 0. The molecule has 1 aliphatic rings. The minimum atomic E-state index is -0.194. The lowest BCUT2D eigenvalue weighted by atomic mass is 10.1. The van der Waals surface area contributed by atoms with Crippen molar-refractivity contribution >= 4 is 34.7 Å². The summed E-state index contributed by atoms with van der Waals surface area (Å²) in [6, 6.07) is 8.05. The molecule has 1 aromatic carbocycles. The van der Waals surface area contributed by atoms with Gasteiger partial charge in [-0.15, -0.1) is 0 Å².